The van der Waals surface area contributed by atoms with Gasteiger partial charge in [0.05, 0.1) is 13.2 Å². The summed E-state index contributed by atoms with van der Waals surface area (Å²) in [6.45, 7) is 6.33. The lowest BCUT2D eigenvalue weighted by molar-refractivity contribution is -0.164. The molecule has 0 radical (unpaired) electrons. The second-order valence-electron chi connectivity index (χ2n) is 8.40. The number of likely N-dealkylation sites (tertiary alicyclic amines) is 1. The summed E-state index contributed by atoms with van der Waals surface area (Å²) in [5.41, 5.74) is 0.974. The van der Waals surface area contributed by atoms with E-state index in [2.05, 4.69) is 24.8 Å². The second kappa shape index (κ2) is 8.53. The van der Waals surface area contributed by atoms with E-state index in [1.165, 1.54) is 0 Å². The largest absolute Gasteiger partial charge is 0.497 e. The van der Waals surface area contributed by atoms with Crippen molar-refractivity contribution in [3.8, 4) is 11.5 Å². The smallest absolute Gasteiger partial charge is 0.313 e. The number of carboxylic acids is 1. The molecular formula is C22H31NO5. The van der Waals surface area contributed by atoms with E-state index in [0.29, 0.717) is 45.0 Å². The maximum atomic E-state index is 12.1. The van der Waals surface area contributed by atoms with Crippen molar-refractivity contribution >= 4 is 12.0 Å². The quantitative estimate of drug-likeness (QED) is 0.746. The number of piperidine rings is 1. The molecule has 154 valence electrons. The van der Waals surface area contributed by atoms with E-state index in [-0.39, 0.29) is 0 Å². The summed E-state index contributed by atoms with van der Waals surface area (Å²) in [5.74, 6) is 1.11. The first kappa shape index (κ1) is 20.7. The van der Waals surface area contributed by atoms with E-state index in [1.54, 1.807) is 7.11 Å². The number of carboxylic acid groups (broad SMARTS) is 1. The zero-order chi connectivity index (χ0) is 20.3. The molecule has 2 atom stereocenters. The number of hydrogen-bond donors (Lipinski definition) is 2. The third kappa shape index (κ3) is 4.33. The van der Waals surface area contributed by atoms with Gasteiger partial charge in [0.1, 0.15) is 23.5 Å². The maximum absolute atomic E-state index is 12.1. The Hall–Kier alpha value is -2.05. The van der Waals surface area contributed by atoms with E-state index in [4.69, 9.17) is 9.47 Å². The van der Waals surface area contributed by atoms with Crippen LogP contribution in [0, 0.1) is 11.3 Å². The molecule has 2 heterocycles. The molecule has 0 bridgehead atoms. The molecule has 0 spiro atoms. The lowest BCUT2D eigenvalue weighted by atomic mass is 9.72. The third-order valence-corrected chi connectivity index (χ3v) is 5.87. The topological polar surface area (TPSA) is 79.2 Å². The zero-order valence-electron chi connectivity index (χ0n) is 17.0. The van der Waals surface area contributed by atoms with Crippen LogP contribution in [-0.2, 0) is 4.79 Å². The molecule has 1 aromatic carbocycles. The number of hydrogen-bond acceptors (Lipinski definition) is 5. The first-order valence-electron chi connectivity index (χ1n) is 9.98. The molecule has 1 saturated heterocycles. The first-order valence-corrected chi connectivity index (χ1v) is 9.98. The minimum Gasteiger partial charge on any atom is -0.497 e. The summed E-state index contributed by atoms with van der Waals surface area (Å²) in [7, 11) is 1.64. The first-order chi connectivity index (χ1) is 13.3. The van der Waals surface area contributed by atoms with Gasteiger partial charge in [0.15, 0.2) is 0 Å². The van der Waals surface area contributed by atoms with Crippen molar-refractivity contribution in [2.75, 3.05) is 33.4 Å². The Kier molecular flexibility index (Phi) is 6.30. The molecule has 6 heteroatoms. The van der Waals surface area contributed by atoms with Crippen molar-refractivity contribution in [1.82, 2.24) is 4.90 Å². The number of aliphatic hydroxyl groups excluding tert-OH is 1. The Labute approximate surface area is 166 Å². The molecule has 1 fully saturated rings. The lowest BCUT2D eigenvalue weighted by Gasteiger charge is -2.44. The van der Waals surface area contributed by atoms with Gasteiger partial charge in [-0.15, -0.1) is 0 Å². The monoisotopic (exact) mass is 389 g/mol. The molecule has 0 amide bonds. The maximum Gasteiger partial charge on any atom is 0.313 e. The number of nitrogens with zero attached hydrogens (tertiary/aromatic N) is 1. The highest BCUT2D eigenvalue weighted by molar-refractivity contribution is 5.76. The number of methoxy groups -OCH3 is 1. The summed E-state index contributed by atoms with van der Waals surface area (Å²) in [5, 5.41) is 20.5. The van der Waals surface area contributed by atoms with Gasteiger partial charge in [-0.2, -0.15) is 0 Å². The molecule has 0 aromatic heterocycles. The van der Waals surface area contributed by atoms with Crippen LogP contribution in [0.1, 0.15) is 38.7 Å². The molecule has 3 rings (SSSR count). The average Bonchev–Trinajstić information content (AvgIpc) is 2.67. The number of ether oxygens (including phenoxy) is 2. The standard InChI is InChI=1S/C22H31NO5/c1-15(2)6-8-22(21(25)26)14-23(9-7-20(22)24)12-16-10-17-11-18(27-3)4-5-19(17)28-13-16/h4-5,10-11,15,20,24H,6-9,12-14H2,1-3H3,(H,25,26)/t20-,22-/m1/s1. The van der Waals surface area contributed by atoms with Crippen LogP contribution in [0.25, 0.3) is 6.08 Å². The van der Waals surface area contributed by atoms with Crippen LogP contribution in [0.3, 0.4) is 0 Å². The van der Waals surface area contributed by atoms with Gasteiger partial charge in [0, 0.05) is 25.2 Å². The highest BCUT2D eigenvalue weighted by Gasteiger charge is 2.48. The highest BCUT2D eigenvalue weighted by Crippen LogP contribution is 2.37. The van der Waals surface area contributed by atoms with Crippen LogP contribution in [0.2, 0.25) is 0 Å². The van der Waals surface area contributed by atoms with Crippen molar-refractivity contribution in [3.05, 3.63) is 29.3 Å². The van der Waals surface area contributed by atoms with Gasteiger partial charge in [-0.3, -0.25) is 9.69 Å². The molecule has 6 nitrogen and oxygen atoms in total. The average molecular weight is 389 g/mol. The number of aliphatic hydroxyl groups is 1. The van der Waals surface area contributed by atoms with Crippen LogP contribution in [0.4, 0.5) is 0 Å². The minimum absolute atomic E-state index is 0.360. The number of fused-ring (bicyclic) bond motifs is 1. The summed E-state index contributed by atoms with van der Waals surface area (Å²) in [4.78, 5) is 14.3. The van der Waals surface area contributed by atoms with Crippen molar-refractivity contribution in [3.63, 3.8) is 0 Å². The lowest BCUT2D eigenvalue weighted by Crippen LogP contribution is -2.56. The SMILES string of the molecule is COc1ccc2c(c1)C=C(CN1CC[C@@H](O)[C@](CCC(C)C)(C(=O)O)C1)CO2. The fourth-order valence-corrected chi connectivity index (χ4v) is 4.12. The van der Waals surface area contributed by atoms with Gasteiger partial charge in [0.2, 0.25) is 0 Å². The Morgan fingerprint density at radius 2 is 2.21 bits per heavy atom. The van der Waals surface area contributed by atoms with Crippen molar-refractivity contribution in [2.45, 2.75) is 39.2 Å². The number of aliphatic carboxylic acids is 1. The predicted octanol–water partition coefficient (Wildman–Crippen LogP) is 3.04. The molecule has 0 aliphatic carbocycles. The number of rotatable bonds is 7. The van der Waals surface area contributed by atoms with Crippen LogP contribution >= 0.6 is 0 Å². The number of benzene rings is 1. The predicted molar refractivity (Wildman–Crippen MR) is 108 cm³/mol. The normalized spacial score (nSPS) is 25.0. The van der Waals surface area contributed by atoms with Crippen molar-refractivity contribution < 1.29 is 24.5 Å². The van der Waals surface area contributed by atoms with E-state index in [0.717, 1.165) is 29.1 Å². The van der Waals surface area contributed by atoms with Crippen LogP contribution in [0.5, 0.6) is 11.5 Å². The third-order valence-electron chi connectivity index (χ3n) is 5.87. The summed E-state index contributed by atoms with van der Waals surface area (Å²) in [6.07, 6.45) is 3.05. The van der Waals surface area contributed by atoms with Crippen LogP contribution < -0.4 is 9.47 Å². The Morgan fingerprint density at radius 3 is 2.89 bits per heavy atom. The van der Waals surface area contributed by atoms with Gasteiger partial charge in [0.25, 0.3) is 0 Å². The van der Waals surface area contributed by atoms with E-state index >= 15 is 0 Å². The molecular weight excluding hydrogens is 358 g/mol. The molecule has 1 aromatic rings. The van der Waals surface area contributed by atoms with Crippen molar-refractivity contribution in [1.29, 1.82) is 0 Å². The fraction of sp³-hybridized carbons (Fsp3) is 0.591. The fourth-order valence-electron chi connectivity index (χ4n) is 4.12. The molecule has 0 saturated carbocycles. The van der Waals surface area contributed by atoms with E-state index < -0.39 is 17.5 Å². The van der Waals surface area contributed by atoms with Crippen LogP contribution in [0.15, 0.2) is 23.8 Å². The molecule has 2 N–H and O–H groups in total. The second-order valence-corrected chi connectivity index (χ2v) is 8.40. The van der Waals surface area contributed by atoms with Crippen LogP contribution in [-0.4, -0.2) is 60.5 Å². The minimum atomic E-state index is -1.10. The van der Waals surface area contributed by atoms with Gasteiger partial charge in [-0.25, -0.2) is 0 Å². The zero-order valence-corrected chi connectivity index (χ0v) is 17.0. The Morgan fingerprint density at radius 1 is 1.43 bits per heavy atom. The summed E-state index contributed by atoms with van der Waals surface area (Å²) in [6, 6.07) is 5.72. The van der Waals surface area contributed by atoms with E-state index in [9.17, 15) is 15.0 Å². The summed E-state index contributed by atoms with van der Waals surface area (Å²) >= 11 is 0. The molecule has 28 heavy (non-hydrogen) atoms. The van der Waals surface area contributed by atoms with Gasteiger partial charge < -0.3 is 19.7 Å². The Bertz CT molecular complexity index is 744. The number of carbonyl (C=O) groups is 1. The van der Waals surface area contributed by atoms with Gasteiger partial charge in [-0.1, -0.05) is 13.8 Å². The molecule has 0 unspecified atom stereocenters. The van der Waals surface area contributed by atoms with Gasteiger partial charge >= 0.3 is 5.97 Å². The highest BCUT2D eigenvalue weighted by atomic mass is 16.5. The Balaban J connectivity index is 1.75. The van der Waals surface area contributed by atoms with Crippen molar-refractivity contribution in [2.24, 2.45) is 11.3 Å². The van der Waals surface area contributed by atoms with Gasteiger partial charge in [-0.05, 0) is 55.0 Å². The molecule has 2 aliphatic rings. The molecule has 2 aliphatic heterocycles. The van der Waals surface area contributed by atoms with E-state index in [1.807, 2.05) is 18.2 Å². The summed E-state index contributed by atoms with van der Waals surface area (Å²) < 4.78 is 11.1.